The molecule has 3 aromatic rings. The van der Waals surface area contributed by atoms with Crippen molar-refractivity contribution in [1.82, 2.24) is 9.97 Å². The van der Waals surface area contributed by atoms with Crippen molar-refractivity contribution in [2.45, 2.75) is 45.4 Å². The number of aromatic hydroxyl groups is 1. The molecule has 0 fully saturated rings. The molecule has 0 aliphatic carbocycles. The fourth-order valence-electron chi connectivity index (χ4n) is 2.95. The van der Waals surface area contributed by atoms with Crippen LogP contribution < -0.4 is 4.74 Å². The molecule has 0 aliphatic heterocycles. The van der Waals surface area contributed by atoms with Crippen LogP contribution in [0.25, 0.3) is 22.4 Å². The topological polar surface area (TPSA) is 58.1 Å². The summed E-state index contributed by atoms with van der Waals surface area (Å²) in [6, 6.07) is 13.2. The summed E-state index contributed by atoms with van der Waals surface area (Å²) < 4.78 is 5.75. The maximum Gasteiger partial charge on any atom is 0.142 e. The van der Waals surface area contributed by atoms with Gasteiger partial charge in [-0.05, 0) is 30.7 Å². The molecule has 25 heavy (non-hydrogen) atoms. The molecule has 132 valence electrons. The Balaban J connectivity index is 1.57. The molecule has 0 saturated carbocycles. The van der Waals surface area contributed by atoms with Crippen LogP contribution in [0.15, 0.2) is 42.5 Å². The molecule has 4 heteroatoms. The molecular weight excluding hydrogens is 312 g/mol. The molecule has 3 rings (SSSR count). The molecular formula is C21H26N2O2. The van der Waals surface area contributed by atoms with Crippen LogP contribution in [0.1, 0.15) is 45.4 Å². The predicted molar refractivity (Wildman–Crippen MR) is 102 cm³/mol. The highest BCUT2D eigenvalue weighted by atomic mass is 16.5. The van der Waals surface area contributed by atoms with E-state index in [2.05, 4.69) is 16.9 Å². The zero-order valence-corrected chi connectivity index (χ0v) is 14.8. The summed E-state index contributed by atoms with van der Waals surface area (Å²) in [7, 11) is 0. The number of unbranched alkanes of at least 4 members (excludes halogenated alkanes) is 5. The van der Waals surface area contributed by atoms with Gasteiger partial charge in [0.2, 0.25) is 0 Å². The number of fused-ring (bicyclic) bond motifs is 1. The lowest BCUT2D eigenvalue weighted by Gasteiger charge is -2.08. The Morgan fingerprint density at radius 2 is 1.80 bits per heavy atom. The highest BCUT2D eigenvalue weighted by Gasteiger charge is 2.10. The van der Waals surface area contributed by atoms with E-state index >= 15 is 0 Å². The van der Waals surface area contributed by atoms with E-state index < -0.39 is 0 Å². The van der Waals surface area contributed by atoms with Gasteiger partial charge in [-0.25, -0.2) is 4.98 Å². The first kappa shape index (κ1) is 17.3. The van der Waals surface area contributed by atoms with Crippen molar-refractivity contribution in [3.63, 3.8) is 0 Å². The van der Waals surface area contributed by atoms with Crippen LogP contribution in [0.4, 0.5) is 0 Å². The largest absolute Gasteiger partial charge is 0.507 e. The summed E-state index contributed by atoms with van der Waals surface area (Å²) in [4.78, 5) is 7.76. The van der Waals surface area contributed by atoms with Crippen LogP contribution in [-0.2, 0) is 0 Å². The highest BCUT2D eigenvalue weighted by Crippen LogP contribution is 2.32. The number of benzene rings is 2. The first-order chi connectivity index (χ1) is 12.3. The monoisotopic (exact) mass is 338 g/mol. The van der Waals surface area contributed by atoms with Crippen molar-refractivity contribution in [1.29, 1.82) is 0 Å². The van der Waals surface area contributed by atoms with Crippen LogP contribution in [0, 0.1) is 0 Å². The lowest BCUT2D eigenvalue weighted by Crippen LogP contribution is -1.97. The molecule has 0 atom stereocenters. The van der Waals surface area contributed by atoms with E-state index in [-0.39, 0.29) is 5.75 Å². The van der Waals surface area contributed by atoms with E-state index in [9.17, 15) is 5.11 Å². The smallest absolute Gasteiger partial charge is 0.142 e. The number of aromatic amines is 1. The normalized spacial score (nSPS) is 11.1. The summed E-state index contributed by atoms with van der Waals surface area (Å²) in [6.45, 7) is 2.92. The van der Waals surface area contributed by atoms with Crippen molar-refractivity contribution in [3.05, 3.63) is 42.5 Å². The second kappa shape index (κ2) is 8.56. The van der Waals surface area contributed by atoms with E-state index in [0.717, 1.165) is 17.5 Å². The molecule has 0 spiro atoms. The number of aromatic nitrogens is 2. The number of hydrogen-bond donors (Lipinski definition) is 2. The van der Waals surface area contributed by atoms with Crippen molar-refractivity contribution in [2.24, 2.45) is 0 Å². The second-order valence-electron chi connectivity index (χ2n) is 6.40. The molecule has 1 heterocycles. The molecule has 0 unspecified atom stereocenters. The minimum absolute atomic E-state index is 0.180. The molecule has 0 saturated heterocycles. The van der Waals surface area contributed by atoms with Gasteiger partial charge in [0.15, 0.2) is 0 Å². The number of nitrogens with zero attached hydrogens (tertiary/aromatic N) is 1. The number of para-hydroxylation sites is 2. The number of phenolic OH excluding ortho intramolecular Hbond substituents is 1. The van der Waals surface area contributed by atoms with Gasteiger partial charge in [-0.15, -0.1) is 0 Å². The third-order valence-corrected chi connectivity index (χ3v) is 4.38. The lowest BCUT2D eigenvalue weighted by molar-refractivity contribution is 0.303. The first-order valence-corrected chi connectivity index (χ1v) is 9.19. The molecule has 0 bridgehead atoms. The molecule has 2 N–H and O–H groups in total. The van der Waals surface area contributed by atoms with E-state index in [4.69, 9.17) is 4.74 Å². The zero-order valence-electron chi connectivity index (χ0n) is 14.8. The Hall–Kier alpha value is -2.49. The number of hydrogen-bond acceptors (Lipinski definition) is 3. The third kappa shape index (κ3) is 4.53. The Morgan fingerprint density at radius 1 is 1.00 bits per heavy atom. The van der Waals surface area contributed by atoms with Gasteiger partial charge in [-0.1, -0.05) is 51.2 Å². The standard InChI is InChI=1S/C21H26N2O2/c1-2-3-4-5-6-9-14-25-16-12-13-17(20(24)15-16)21-22-18-10-7-8-11-19(18)23-21/h7-8,10-13,15,24H,2-6,9,14H2,1H3,(H,22,23). The van der Waals surface area contributed by atoms with Gasteiger partial charge in [-0.2, -0.15) is 0 Å². The average Bonchev–Trinajstić information content (AvgIpc) is 3.05. The average molecular weight is 338 g/mol. The molecule has 0 aliphatic rings. The predicted octanol–water partition coefficient (Wildman–Crippen LogP) is 5.67. The molecule has 2 aromatic carbocycles. The Kier molecular flexibility index (Phi) is 5.94. The minimum atomic E-state index is 0.180. The quantitative estimate of drug-likeness (QED) is 0.494. The van der Waals surface area contributed by atoms with Crippen molar-refractivity contribution < 1.29 is 9.84 Å². The van der Waals surface area contributed by atoms with Crippen LogP contribution in [0.5, 0.6) is 11.5 Å². The number of phenols is 1. The third-order valence-electron chi connectivity index (χ3n) is 4.38. The Bertz CT molecular complexity index is 778. The molecule has 1 aromatic heterocycles. The van der Waals surface area contributed by atoms with Gasteiger partial charge >= 0.3 is 0 Å². The fraction of sp³-hybridized carbons (Fsp3) is 0.381. The maximum atomic E-state index is 10.3. The number of H-pyrrole nitrogens is 1. The summed E-state index contributed by atoms with van der Waals surface area (Å²) in [5.41, 5.74) is 2.53. The molecule has 4 nitrogen and oxygen atoms in total. The second-order valence-corrected chi connectivity index (χ2v) is 6.40. The van der Waals surface area contributed by atoms with Gasteiger partial charge in [0.05, 0.1) is 23.2 Å². The van der Waals surface area contributed by atoms with E-state index in [1.165, 1.54) is 32.1 Å². The number of ether oxygens (including phenoxy) is 1. The van der Waals surface area contributed by atoms with E-state index in [1.807, 2.05) is 36.4 Å². The number of imidazole rings is 1. The van der Waals surface area contributed by atoms with Gasteiger partial charge in [0.1, 0.15) is 17.3 Å². The number of nitrogens with one attached hydrogen (secondary N) is 1. The minimum Gasteiger partial charge on any atom is -0.507 e. The van der Waals surface area contributed by atoms with Crippen LogP contribution in [0.3, 0.4) is 0 Å². The molecule has 0 radical (unpaired) electrons. The first-order valence-electron chi connectivity index (χ1n) is 9.19. The summed E-state index contributed by atoms with van der Waals surface area (Å²) in [6.07, 6.45) is 7.42. The maximum absolute atomic E-state index is 10.3. The van der Waals surface area contributed by atoms with E-state index in [1.54, 1.807) is 6.07 Å². The Labute approximate surface area is 148 Å². The van der Waals surface area contributed by atoms with Crippen LogP contribution >= 0.6 is 0 Å². The molecule has 0 amide bonds. The van der Waals surface area contributed by atoms with Gasteiger partial charge in [-0.3, -0.25) is 0 Å². The summed E-state index contributed by atoms with van der Waals surface area (Å²) in [5.74, 6) is 1.55. The fourth-order valence-corrected chi connectivity index (χ4v) is 2.95. The zero-order chi connectivity index (χ0) is 17.5. The van der Waals surface area contributed by atoms with Gasteiger partial charge in [0.25, 0.3) is 0 Å². The summed E-state index contributed by atoms with van der Waals surface area (Å²) in [5, 5.41) is 10.3. The van der Waals surface area contributed by atoms with Crippen LogP contribution in [0.2, 0.25) is 0 Å². The van der Waals surface area contributed by atoms with Crippen molar-refractivity contribution in [2.75, 3.05) is 6.61 Å². The summed E-state index contributed by atoms with van der Waals surface area (Å²) >= 11 is 0. The van der Waals surface area contributed by atoms with E-state index in [0.29, 0.717) is 23.7 Å². The van der Waals surface area contributed by atoms with Gasteiger partial charge < -0.3 is 14.8 Å². The van der Waals surface area contributed by atoms with Crippen molar-refractivity contribution >= 4 is 11.0 Å². The van der Waals surface area contributed by atoms with Gasteiger partial charge in [0, 0.05) is 6.07 Å². The lowest BCUT2D eigenvalue weighted by atomic mass is 10.1. The SMILES string of the molecule is CCCCCCCCOc1ccc(-c2nc3ccccc3[nH]2)c(O)c1. The van der Waals surface area contributed by atoms with Crippen LogP contribution in [-0.4, -0.2) is 21.7 Å². The van der Waals surface area contributed by atoms with Crippen molar-refractivity contribution in [3.8, 4) is 22.9 Å². The Morgan fingerprint density at radius 3 is 2.60 bits per heavy atom. The number of rotatable bonds is 9. The highest BCUT2D eigenvalue weighted by molar-refractivity contribution is 5.80.